The van der Waals surface area contributed by atoms with Crippen molar-refractivity contribution in [3.8, 4) is 0 Å². The Balaban J connectivity index is 2.88. The number of aryl methyl sites for hydroxylation is 1. The molecule has 20 heavy (non-hydrogen) atoms. The highest BCUT2D eigenvalue weighted by Gasteiger charge is 2.14. The van der Waals surface area contributed by atoms with Crippen LogP contribution in [0.3, 0.4) is 0 Å². The van der Waals surface area contributed by atoms with Crippen molar-refractivity contribution in [1.82, 2.24) is 10.3 Å². The molecule has 0 bridgehead atoms. The molecule has 1 N–H and O–H groups in total. The predicted molar refractivity (Wildman–Crippen MR) is 88.3 cm³/mol. The third-order valence-corrected chi connectivity index (χ3v) is 3.36. The Morgan fingerprint density at radius 3 is 2.20 bits per heavy atom. The second-order valence-electron chi connectivity index (χ2n) is 6.59. The molecule has 0 aliphatic rings. The molecule has 1 aromatic rings. The molecule has 1 rings (SSSR count). The van der Waals surface area contributed by atoms with Crippen LogP contribution in [-0.4, -0.2) is 23.6 Å². The number of pyridine rings is 1. The van der Waals surface area contributed by atoms with Gasteiger partial charge in [-0.05, 0) is 38.3 Å². The number of aromatic nitrogens is 1. The normalized spacial score (nSPS) is 11.7. The summed E-state index contributed by atoms with van der Waals surface area (Å²) in [6.45, 7) is 17.3. The highest BCUT2D eigenvalue weighted by molar-refractivity contribution is 5.42. The van der Waals surface area contributed by atoms with E-state index in [1.54, 1.807) is 0 Å². The van der Waals surface area contributed by atoms with E-state index in [1.807, 2.05) is 0 Å². The summed E-state index contributed by atoms with van der Waals surface area (Å²) in [7, 11) is 0. The quantitative estimate of drug-likeness (QED) is 0.822. The van der Waals surface area contributed by atoms with E-state index in [9.17, 15) is 0 Å². The first-order valence-electron chi connectivity index (χ1n) is 7.77. The van der Waals surface area contributed by atoms with Gasteiger partial charge in [-0.15, -0.1) is 0 Å². The van der Waals surface area contributed by atoms with Gasteiger partial charge in [-0.1, -0.05) is 33.8 Å². The van der Waals surface area contributed by atoms with Crippen LogP contribution >= 0.6 is 0 Å². The number of rotatable bonds is 7. The van der Waals surface area contributed by atoms with Crippen molar-refractivity contribution in [1.29, 1.82) is 0 Å². The molecule has 3 nitrogen and oxygen atoms in total. The fourth-order valence-electron chi connectivity index (χ4n) is 2.20. The van der Waals surface area contributed by atoms with Crippen molar-refractivity contribution in [2.45, 2.75) is 67.1 Å². The van der Waals surface area contributed by atoms with E-state index in [4.69, 9.17) is 4.98 Å². The lowest BCUT2D eigenvalue weighted by Gasteiger charge is -2.30. The number of anilines is 1. The lowest BCUT2D eigenvalue weighted by Crippen LogP contribution is -2.35. The summed E-state index contributed by atoms with van der Waals surface area (Å²) in [5, 5.41) is 3.45. The van der Waals surface area contributed by atoms with Crippen molar-refractivity contribution in [3.63, 3.8) is 0 Å². The van der Waals surface area contributed by atoms with Gasteiger partial charge < -0.3 is 10.2 Å². The van der Waals surface area contributed by atoms with Crippen molar-refractivity contribution in [2.24, 2.45) is 5.92 Å². The van der Waals surface area contributed by atoms with Crippen LogP contribution in [0.15, 0.2) is 12.1 Å². The standard InChI is InChI=1S/C17H31N3/c1-12(2)11-20(14(5)6)17-9-8-16(15(7)19-17)10-18-13(3)4/h8-9,12-14,18H,10-11H2,1-7H3. The number of nitrogens with zero attached hydrogens (tertiary/aromatic N) is 2. The van der Waals surface area contributed by atoms with Crippen molar-refractivity contribution in [2.75, 3.05) is 11.4 Å². The third-order valence-electron chi connectivity index (χ3n) is 3.36. The Morgan fingerprint density at radius 2 is 1.75 bits per heavy atom. The Morgan fingerprint density at radius 1 is 1.10 bits per heavy atom. The molecule has 0 atom stereocenters. The summed E-state index contributed by atoms with van der Waals surface area (Å²) >= 11 is 0. The lowest BCUT2D eigenvalue weighted by molar-refractivity contribution is 0.564. The Labute approximate surface area is 124 Å². The largest absolute Gasteiger partial charge is 0.354 e. The molecule has 3 heteroatoms. The zero-order valence-electron chi connectivity index (χ0n) is 14.2. The Hall–Kier alpha value is -1.09. The molecular formula is C17H31N3. The second-order valence-corrected chi connectivity index (χ2v) is 6.59. The maximum absolute atomic E-state index is 4.81. The first kappa shape index (κ1) is 17.0. The molecule has 0 amide bonds. The Bertz CT molecular complexity index is 411. The van der Waals surface area contributed by atoms with Crippen molar-refractivity contribution < 1.29 is 0 Å². The van der Waals surface area contributed by atoms with Gasteiger partial charge in [-0.3, -0.25) is 0 Å². The van der Waals surface area contributed by atoms with Gasteiger partial charge in [0.2, 0.25) is 0 Å². The van der Waals surface area contributed by atoms with Crippen LogP contribution in [0, 0.1) is 12.8 Å². The molecule has 0 unspecified atom stereocenters. The van der Waals surface area contributed by atoms with Gasteiger partial charge in [0, 0.05) is 30.9 Å². The van der Waals surface area contributed by atoms with Gasteiger partial charge in [-0.25, -0.2) is 4.98 Å². The number of hydrogen-bond donors (Lipinski definition) is 1. The molecule has 0 saturated carbocycles. The minimum absolute atomic E-state index is 0.476. The van der Waals surface area contributed by atoms with Gasteiger partial charge >= 0.3 is 0 Å². The zero-order chi connectivity index (χ0) is 15.3. The van der Waals surface area contributed by atoms with E-state index in [0.29, 0.717) is 18.0 Å². The monoisotopic (exact) mass is 277 g/mol. The van der Waals surface area contributed by atoms with Crippen LogP contribution in [-0.2, 0) is 6.54 Å². The minimum Gasteiger partial charge on any atom is -0.354 e. The van der Waals surface area contributed by atoms with Gasteiger partial charge in [0.1, 0.15) is 5.82 Å². The van der Waals surface area contributed by atoms with Crippen LogP contribution in [0.5, 0.6) is 0 Å². The smallest absolute Gasteiger partial charge is 0.129 e. The van der Waals surface area contributed by atoms with Gasteiger partial charge in [0.05, 0.1) is 0 Å². The van der Waals surface area contributed by atoms with Crippen LogP contribution < -0.4 is 10.2 Å². The molecule has 1 heterocycles. The van der Waals surface area contributed by atoms with E-state index < -0.39 is 0 Å². The van der Waals surface area contributed by atoms with E-state index in [-0.39, 0.29) is 0 Å². The average Bonchev–Trinajstić information content (AvgIpc) is 2.33. The first-order chi connectivity index (χ1) is 9.31. The predicted octanol–water partition coefficient (Wildman–Crippen LogP) is 3.76. The summed E-state index contributed by atoms with van der Waals surface area (Å²) in [5.74, 6) is 1.74. The topological polar surface area (TPSA) is 28.2 Å². The molecule has 0 aliphatic heterocycles. The molecule has 1 aromatic heterocycles. The van der Waals surface area contributed by atoms with E-state index >= 15 is 0 Å². The lowest BCUT2D eigenvalue weighted by atomic mass is 10.1. The number of nitrogens with one attached hydrogen (secondary N) is 1. The second kappa shape index (κ2) is 7.63. The van der Waals surface area contributed by atoms with Crippen molar-refractivity contribution in [3.05, 3.63) is 23.4 Å². The highest BCUT2D eigenvalue weighted by atomic mass is 15.2. The molecule has 0 aliphatic carbocycles. The van der Waals surface area contributed by atoms with Gasteiger partial charge in [-0.2, -0.15) is 0 Å². The molecule has 114 valence electrons. The summed E-state index contributed by atoms with van der Waals surface area (Å²) in [5.41, 5.74) is 2.42. The summed E-state index contributed by atoms with van der Waals surface area (Å²) in [6.07, 6.45) is 0. The maximum Gasteiger partial charge on any atom is 0.129 e. The molecule has 0 radical (unpaired) electrons. The summed E-state index contributed by atoms with van der Waals surface area (Å²) < 4.78 is 0. The molecule has 0 aromatic carbocycles. The molecule has 0 spiro atoms. The third kappa shape index (κ3) is 5.12. The van der Waals surface area contributed by atoms with Crippen LogP contribution in [0.25, 0.3) is 0 Å². The first-order valence-corrected chi connectivity index (χ1v) is 7.77. The fraction of sp³-hybridized carbons (Fsp3) is 0.706. The van der Waals surface area contributed by atoms with E-state index in [1.165, 1.54) is 5.56 Å². The van der Waals surface area contributed by atoms with Crippen LogP contribution in [0.2, 0.25) is 0 Å². The zero-order valence-corrected chi connectivity index (χ0v) is 14.2. The summed E-state index contributed by atoms with van der Waals surface area (Å²) in [6, 6.07) is 5.35. The van der Waals surface area contributed by atoms with Crippen molar-refractivity contribution >= 4 is 5.82 Å². The molecule has 0 fully saturated rings. The van der Waals surface area contributed by atoms with E-state index in [2.05, 4.69) is 70.8 Å². The fourth-order valence-corrected chi connectivity index (χ4v) is 2.20. The molecule has 0 saturated heterocycles. The SMILES string of the molecule is Cc1nc(N(CC(C)C)C(C)C)ccc1CNC(C)C. The highest BCUT2D eigenvalue weighted by Crippen LogP contribution is 2.18. The number of hydrogen-bond acceptors (Lipinski definition) is 3. The van der Waals surface area contributed by atoms with Gasteiger partial charge in [0.15, 0.2) is 0 Å². The Kier molecular flexibility index (Phi) is 6.47. The van der Waals surface area contributed by atoms with Crippen LogP contribution in [0.1, 0.15) is 52.8 Å². The summed E-state index contributed by atoms with van der Waals surface area (Å²) in [4.78, 5) is 7.20. The van der Waals surface area contributed by atoms with Gasteiger partial charge in [0.25, 0.3) is 0 Å². The van der Waals surface area contributed by atoms with E-state index in [0.717, 1.165) is 24.6 Å². The van der Waals surface area contributed by atoms with Crippen LogP contribution in [0.4, 0.5) is 5.82 Å². The molecular weight excluding hydrogens is 246 g/mol. The average molecular weight is 277 g/mol. The maximum atomic E-state index is 4.81. The minimum atomic E-state index is 0.476.